The Balaban J connectivity index is 2.87. The van der Waals surface area contributed by atoms with Gasteiger partial charge in [0, 0.05) is 23.2 Å². The highest BCUT2D eigenvalue weighted by atomic mass is 35.5. The van der Waals surface area contributed by atoms with Crippen molar-refractivity contribution in [2.24, 2.45) is 0 Å². The third-order valence-corrected chi connectivity index (χ3v) is 2.69. The van der Waals surface area contributed by atoms with E-state index in [4.69, 9.17) is 11.6 Å². The van der Waals surface area contributed by atoms with Crippen LogP contribution in [0.25, 0.3) is 10.9 Å². The number of nitrogens with zero attached hydrogens (tertiary/aromatic N) is 2. The molecule has 0 bridgehead atoms. The van der Waals surface area contributed by atoms with E-state index < -0.39 is 4.92 Å². The Morgan fingerprint density at radius 3 is 2.62 bits per heavy atom. The molecular weight excluding hydrogens is 228 g/mol. The molecule has 0 radical (unpaired) electrons. The summed E-state index contributed by atoms with van der Waals surface area (Å²) in [4.78, 5) is 14.6. The molecule has 0 atom stereocenters. The third-order valence-electron chi connectivity index (χ3n) is 2.38. The first-order valence-corrected chi connectivity index (χ1v) is 5.08. The molecule has 0 fully saturated rings. The van der Waals surface area contributed by atoms with Crippen molar-refractivity contribution in [3.8, 4) is 0 Å². The van der Waals surface area contributed by atoms with Gasteiger partial charge in [-0.15, -0.1) is 0 Å². The van der Waals surface area contributed by atoms with Crippen LogP contribution in [0.15, 0.2) is 18.2 Å². The molecular formula is C11H9ClN2O2. The van der Waals surface area contributed by atoms with E-state index in [1.165, 1.54) is 12.1 Å². The molecule has 0 aliphatic carbocycles. The van der Waals surface area contributed by atoms with Crippen LogP contribution in [0.1, 0.15) is 11.3 Å². The van der Waals surface area contributed by atoms with Crippen molar-refractivity contribution >= 4 is 28.2 Å². The zero-order chi connectivity index (χ0) is 11.9. The Labute approximate surface area is 97.0 Å². The monoisotopic (exact) mass is 236 g/mol. The molecule has 0 spiro atoms. The summed E-state index contributed by atoms with van der Waals surface area (Å²) in [5, 5.41) is 11.8. The van der Waals surface area contributed by atoms with Crippen LogP contribution in [0.2, 0.25) is 5.02 Å². The number of hydrogen-bond acceptors (Lipinski definition) is 3. The molecule has 1 aromatic carbocycles. The first-order chi connectivity index (χ1) is 7.49. The molecule has 0 saturated heterocycles. The smallest absolute Gasteiger partial charge is 0.258 e. The number of aryl methyl sites for hydroxylation is 2. The standard InChI is InChI=1S/C11H9ClN2O2/c1-6-3-8(14(15)16)5-9-10(12)4-7(2)13-11(6)9/h3-5H,1-2H3. The Morgan fingerprint density at radius 1 is 1.31 bits per heavy atom. The second-order valence-corrected chi connectivity index (χ2v) is 4.07. The Bertz CT molecular complexity index is 596. The zero-order valence-corrected chi connectivity index (χ0v) is 9.58. The van der Waals surface area contributed by atoms with Crippen molar-refractivity contribution in [2.75, 3.05) is 0 Å². The highest BCUT2D eigenvalue weighted by Crippen LogP contribution is 2.29. The first kappa shape index (κ1) is 10.8. The van der Waals surface area contributed by atoms with Crippen LogP contribution in [-0.2, 0) is 0 Å². The Hall–Kier alpha value is -1.68. The van der Waals surface area contributed by atoms with Gasteiger partial charge in [-0.2, -0.15) is 0 Å². The quantitative estimate of drug-likeness (QED) is 0.563. The summed E-state index contributed by atoms with van der Waals surface area (Å²) >= 11 is 6.05. The number of hydrogen-bond donors (Lipinski definition) is 0. The van der Waals surface area contributed by atoms with Crippen molar-refractivity contribution in [1.29, 1.82) is 0 Å². The number of fused-ring (bicyclic) bond motifs is 1. The number of rotatable bonds is 1. The van der Waals surface area contributed by atoms with Gasteiger partial charge in [0.2, 0.25) is 0 Å². The highest BCUT2D eigenvalue weighted by molar-refractivity contribution is 6.35. The highest BCUT2D eigenvalue weighted by Gasteiger charge is 2.12. The van der Waals surface area contributed by atoms with E-state index in [1.54, 1.807) is 13.0 Å². The Kier molecular flexibility index (Phi) is 2.52. The number of halogens is 1. The van der Waals surface area contributed by atoms with Crippen LogP contribution >= 0.6 is 11.6 Å². The largest absolute Gasteiger partial charge is 0.270 e. The number of non-ortho nitro benzene ring substituents is 1. The maximum absolute atomic E-state index is 10.7. The van der Waals surface area contributed by atoms with E-state index in [-0.39, 0.29) is 5.69 Å². The molecule has 0 aliphatic rings. The molecule has 5 heteroatoms. The van der Waals surface area contributed by atoms with E-state index in [2.05, 4.69) is 4.98 Å². The van der Waals surface area contributed by atoms with Crippen molar-refractivity contribution in [3.05, 3.63) is 44.6 Å². The molecule has 0 unspecified atom stereocenters. The van der Waals surface area contributed by atoms with Crippen LogP contribution in [-0.4, -0.2) is 9.91 Å². The van der Waals surface area contributed by atoms with Crippen LogP contribution in [0.5, 0.6) is 0 Å². The SMILES string of the molecule is Cc1cc(Cl)c2cc([N+](=O)[O-])cc(C)c2n1. The predicted molar refractivity (Wildman–Crippen MR) is 62.9 cm³/mol. The number of nitro groups is 1. The Morgan fingerprint density at radius 2 is 2.00 bits per heavy atom. The molecule has 4 nitrogen and oxygen atoms in total. The fourth-order valence-corrected chi connectivity index (χ4v) is 1.97. The summed E-state index contributed by atoms with van der Waals surface area (Å²) in [5.41, 5.74) is 2.32. The number of nitro benzene ring substituents is 1. The van der Waals surface area contributed by atoms with Gasteiger partial charge in [0.15, 0.2) is 0 Å². The van der Waals surface area contributed by atoms with Crippen LogP contribution in [0.3, 0.4) is 0 Å². The maximum Gasteiger partial charge on any atom is 0.270 e. The van der Waals surface area contributed by atoms with Crippen LogP contribution in [0.4, 0.5) is 5.69 Å². The van der Waals surface area contributed by atoms with E-state index in [9.17, 15) is 10.1 Å². The molecule has 0 N–H and O–H groups in total. The lowest BCUT2D eigenvalue weighted by Crippen LogP contribution is -1.93. The van der Waals surface area contributed by atoms with E-state index >= 15 is 0 Å². The first-order valence-electron chi connectivity index (χ1n) is 4.71. The van der Waals surface area contributed by atoms with Crippen LogP contribution in [0, 0.1) is 24.0 Å². The van der Waals surface area contributed by atoms with Gasteiger partial charge in [0.05, 0.1) is 15.5 Å². The minimum atomic E-state index is -0.428. The fraction of sp³-hybridized carbons (Fsp3) is 0.182. The van der Waals surface area contributed by atoms with Crippen molar-refractivity contribution in [3.63, 3.8) is 0 Å². The van der Waals surface area contributed by atoms with E-state index in [0.717, 1.165) is 16.8 Å². The van der Waals surface area contributed by atoms with Gasteiger partial charge in [-0.3, -0.25) is 15.1 Å². The lowest BCUT2D eigenvalue weighted by atomic mass is 10.1. The summed E-state index contributed by atoms with van der Waals surface area (Å²) in [6.45, 7) is 3.63. The number of aromatic nitrogens is 1. The molecule has 1 aromatic heterocycles. The molecule has 0 saturated carbocycles. The van der Waals surface area contributed by atoms with Gasteiger partial charge in [-0.25, -0.2) is 0 Å². The number of benzene rings is 1. The lowest BCUT2D eigenvalue weighted by molar-refractivity contribution is -0.384. The second kappa shape index (κ2) is 3.72. The van der Waals surface area contributed by atoms with Gasteiger partial charge < -0.3 is 0 Å². The van der Waals surface area contributed by atoms with Gasteiger partial charge in [0.25, 0.3) is 5.69 Å². The predicted octanol–water partition coefficient (Wildman–Crippen LogP) is 3.41. The average molecular weight is 237 g/mol. The maximum atomic E-state index is 10.7. The summed E-state index contributed by atoms with van der Waals surface area (Å²) in [7, 11) is 0. The minimum Gasteiger partial charge on any atom is -0.258 e. The third kappa shape index (κ3) is 1.72. The van der Waals surface area contributed by atoms with Crippen LogP contribution < -0.4 is 0 Å². The summed E-state index contributed by atoms with van der Waals surface area (Å²) in [6, 6.07) is 4.66. The molecule has 2 aromatic rings. The second-order valence-electron chi connectivity index (χ2n) is 3.66. The number of pyridine rings is 1. The van der Waals surface area contributed by atoms with Crippen molar-refractivity contribution in [1.82, 2.24) is 4.98 Å². The minimum absolute atomic E-state index is 0.0394. The summed E-state index contributed by atoms with van der Waals surface area (Å²) in [6.07, 6.45) is 0. The normalized spacial score (nSPS) is 10.7. The topological polar surface area (TPSA) is 56.0 Å². The molecule has 1 heterocycles. The van der Waals surface area contributed by atoms with Gasteiger partial charge in [-0.05, 0) is 25.5 Å². The van der Waals surface area contributed by atoms with Gasteiger partial charge in [-0.1, -0.05) is 11.6 Å². The molecule has 16 heavy (non-hydrogen) atoms. The average Bonchev–Trinajstić information content (AvgIpc) is 2.19. The van der Waals surface area contributed by atoms with Crippen molar-refractivity contribution in [2.45, 2.75) is 13.8 Å². The lowest BCUT2D eigenvalue weighted by Gasteiger charge is -2.05. The molecule has 2 rings (SSSR count). The van der Waals surface area contributed by atoms with Crippen molar-refractivity contribution < 1.29 is 4.92 Å². The fourth-order valence-electron chi connectivity index (χ4n) is 1.67. The summed E-state index contributed by atoms with van der Waals surface area (Å²) in [5.74, 6) is 0. The molecule has 82 valence electrons. The van der Waals surface area contributed by atoms with E-state index in [0.29, 0.717) is 10.4 Å². The van der Waals surface area contributed by atoms with E-state index in [1.807, 2.05) is 6.92 Å². The summed E-state index contributed by atoms with van der Waals surface area (Å²) < 4.78 is 0. The molecule has 0 aliphatic heterocycles. The van der Waals surface area contributed by atoms with Gasteiger partial charge in [0.1, 0.15) is 0 Å². The zero-order valence-electron chi connectivity index (χ0n) is 8.82. The van der Waals surface area contributed by atoms with Gasteiger partial charge >= 0.3 is 0 Å². The molecule has 0 amide bonds.